The molecule has 1 N–H and O–H groups in total. The summed E-state index contributed by atoms with van der Waals surface area (Å²) >= 11 is 0. The van der Waals surface area contributed by atoms with Crippen LogP contribution in [0.3, 0.4) is 0 Å². The molecule has 36 heavy (non-hydrogen) atoms. The van der Waals surface area contributed by atoms with E-state index in [9.17, 15) is 18.4 Å². The van der Waals surface area contributed by atoms with E-state index < -0.39 is 12.6 Å². The number of halogens is 2. The molecule has 1 amide bonds. The number of carbonyl (C=O) groups excluding carboxylic acids is 1. The largest absolute Gasteiger partial charge is 0.477 e. The minimum atomic E-state index is -2.91. The number of amides is 1. The van der Waals surface area contributed by atoms with Crippen molar-refractivity contribution in [3.05, 3.63) is 89.0 Å². The fraction of sp³-hybridized carbons (Fsp3) is 0.231. The molecule has 4 aromatic rings. The lowest BCUT2D eigenvalue weighted by Gasteiger charge is -2.28. The van der Waals surface area contributed by atoms with Gasteiger partial charge in [-0.3, -0.25) is 4.79 Å². The first-order valence-electron chi connectivity index (χ1n) is 11.3. The molecule has 0 saturated heterocycles. The standard InChI is InChI=1S/C26H22F2N4O4/c27-26(28)36-18-4-1-3-17(11-18)14-32-22-15-31(10-8-19(22)20-5-2-9-29-24(20)32)23(33)12-16-6-7-21(25(34)35)30-13-16/h1-7,9,11,13,26H,8,10,12,14-15H2,(H,34,35). The average Bonchev–Trinajstić information content (AvgIpc) is 3.17. The molecule has 0 fully saturated rings. The van der Waals surface area contributed by atoms with Gasteiger partial charge in [0.2, 0.25) is 5.91 Å². The predicted molar refractivity (Wildman–Crippen MR) is 126 cm³/mol. The van der Waals surface area contributed by atoms with Crippen molar-refractivity contribution >= 4 is 22.9 Å². The second kappa shape index (κ2) is 9.73. The molecule has 1 aliphatic heterocycles. The highest BCUT2D eigenvalue weighted by Crippen LogP contribution is 2.31. The first-order valence-corrected chi connectivity index (χ1v) is 11.3. The van der Waals surface area contributed by atoms with Crippen molar-refractivity contribution in [3.63, 3.8) is 0 Å². The summed E-state index contributed by atoms with van der Waals surface area (Å²) in [5.74, 6) is -1.13. The van der Waals surface area contributed by atoms with Crippen LogP contribution in [-0.2, 0) is 30.7 Å². The molecule has 0 spiro atoms. The minimum Gasteiger partial charge on any atom is -0.477 e. The second-order valence-corrected chi connectivity index (χ2v) is 8.51. The quantitative estimate of drug-likeness (QED) is 0.420. The summed E-state index contributed by atoms with van der Waals surface area (Å²) in [6, 6.07) is 13.4. The molecule has 0 unspecified atom stereocenters. The summed E-state index contributed by atoms with van der Waals surface area (Å²) in [6.45, 7) is -1.61. The van der Waals surface area contributed by atoms with Crippen molar-refractivity contribution in [1.82, 2.24) is 19.4 Å². The third kappa shape index (κ3) is 4.74. The van der Waals surface area contributed by atoms with Gasteiger partial charge in [-0.2, -0.15) is 8.78 Å². The number of ether oxygens (including phenoxy) is 1. The van der Waals surface area contributed by atoms with E-state index in [-0.39, 0.29) is 23.8 Å². The zero-order valence-electron chi connectivity index (χ0n) is 19.1. The Bertz CT molecular complexity index is 1440. The number of hydrogen-bond acceptors (Lipinski definition) is 5. The number of hydrogen-bond donors (Lipinski definition) is 1. The fourth-order valence-corrected chi connectivity index (χ4v) is 4.59. The first kappa shape index (κ1) is 23.4. The Morgan fingerprint density at radius 2 is 1.94 bits per heavy atom. The lowest BCUT2D eigenvalue weighted by Crippen LogP contribution is -2.37. The van der Waals surface area contributed by atoms with Gasteiger partial charge in [0.05, 0.1) is 13.0 Å². The SMILES string of the molecule is O=C(O)c1ccc(CC(=O)N2CCc3c(n(Cc4cccc(OC(F)F)c4)c4ncccc34)C2)cn1. The number of benzene rings is 1. The molecule has 184 valence electrons. The lowest BCUT2D eigenvalue weighted by atomic mass is 10.0. The van der Waals surface area contributed by atoms with E-state index >= 15 is 0 Å². The molecule has 10 heteroatoms. The maximum absolute atomic E-state index is 13.1. The van der Waals surface area contributed by atoms with Gasteiger partial charge in [-0.05, 0) is 53.4 Å². The van der Waals surface area contributed by atoms with Gasteiger partial charge in [0.25, 0.3) is 0 Å². The Morgan fingerprint density at radius 1 is 1.08 bits per heavy atom. The molecular formula is C26H22F2N4O4. The van der Waals surface area contributed by atoms with Gasteiger partial charge in [0.15, 0.2) is 0 Å². The molecule has 0 radical (unpaired) electrons. The number of nitrogens with zero attached hydrogens (tertiary/aromatic N) is 4. The third-order valence-electron chi connectivity index (χ3n) is 6.23. The summed E-state index contributed by atoms with van der Waals surface area (Å²) in [5.41, 5.74) is 4.16. The van der Waals surface area contributed by atoms with E-state index in [0.29, 0.717) is 31.6 Å². The highest BCUT2D eigenvalue weighted by molar-refractivity contribution is 5.86. The number of alkyl halides is 2. The van der Waals surface area contributed by atoms with Gasteiger partial charge in [-0.15, -0.1) is 0 Å². The molecule has 5 rings (SSSR count). The van der Waals surface area contributed by atoms with Crippen molar-refractivity contribution in [2.24, 2.45) is 0 Å². The molecule has 0 aliphatic carbocycles. The van der Waals surface area contributed by atoms with Gasteiger partial charge in [-0.25, -0.2) is 14.8 Å². The summed E-state index contributed by atoms with van der Waals surface area (Å²) in [6.07, 6.45) is 3.87. The Kier molecular flexibility index (Phi) is 6.32. The maximum Gasteiger partial charge on any atom is 0.387 e. The Labute approximate surface area is 204 Å². The van der Waals surface area contributed by atoms with Gasteiger partial charge in [0, 0.05) is 36.6 Å². The lowest BCUT2D eigenvalue weighted by molar-refractivity contribution is -0.131. The maximum atomic E-state index is 13.1. The third-order valence-corrected chi connectivity index (χ3v) is 6.23. The molecular weight excluding hydrogens is 470 g/mol. The summed E-state index contributed by atoms with van der Waals surface area (Å²) in [4.78, 5) is 34.3. The van der Waals surface area contributed by atoms with E-state index in [1.54, 1.807) is 29.3 Å². The average molecular weight is 492 g/mol. The van der Waals surface area contributed by atoms with E-state index in [2.05, 4.69) is 14.7 Å². The number of aromatic nitrogens is 3. The topological polar surface area (TPSA) is 97.5 Å². The smallest absolute Gasteiger partial charge is 0.387 e. The molecule has 0 bridgehead atoms. The number of carbonyl (C=O) groups is 2. The van der Waals surface area contributed by atoms with Crippen LogP contribution in [0.1, 0.15) is 32.9 Å². The van der Waals surface area contributed by atoms with Crippen LogP contribution < -0.4 is 4.74 Å². The Morgan fingerprint density at radius 3 is 2.69 bits per heavy atom. The van der Waals surface area contributed by atoms with Gasteiger partial charge >= 0.3 is 12.6 Å². The van der Waals surface area contributed by atoms with Crippen LogP contribution in [-0.4, -0.2) is 49.6 Å². The summed E-state index contributed by atoms with van der Waals surface area (Å²) in [7, 11) is 0. The summed E-state index contributed by atoms with van der Waals surface area (Å²) < 4.78 is 31.9. The Hall–Kier alpha value is -4.34. The molecule has 1 aliphatic rings. The zero-order valence-corrected chi connectivity index (χ0v) is 19.1. The fourth-order valence-electron chi connectivity index (χ4n) is 4.59. The number of carboxylic acids is 1. The van der Waals surface area contributed by atoms with Crippen molar-refractivity contribution in [2.75, 3.05) is 6.54 Å². The van der Waals surface area contributed by atoms with Crippen LogP contribution in [0.5, 0.6) is 5.75 Å². The number of carboxylic acid groups (broad SMARTS) is 1. The van der Waals surface area contributed by atoms with E-state index in [1.807, 2.05) is 22.8 Å². The first-order chi connectivity index (χ1) is 17.4. The van der Waals surface area contributed by atoms with Gasteiger partial charge < -0.3 is 19.3 Å². The van der Waals surface area contributed by atoms with Crippen LogP contribution >= 0.6 is 0 Å². The van der Waals surface area contributed by atoms with Crippen LogP contribution in [0, 0.1) is 0 Å². The highest BCUT2D eigenvalue weighted by atomic mass is 19.3. The molecule has 1 aromatic carbocycles. The molecule has 0 atom stereocenters. The van der Waals surface area contributed by atoms with Crippen molar-refractivity contribution in [2.45, 2.75) is 32.5 Å². The van der Waals surface area contributed by atoms with Gasteiger partial charge in [0.1, 0.15) is 17.1 Å². The predicted octanol–water partition coefficient (Wildman–Crippen LogP) is 3.91. The number of aromatic carboxylic acids is 1. The molecule has 3 aromatic heterocycles. The normalized spacial score (nSPS) is 13.1. The van der Waals surface area contributed by atoms with Crippen LogP contribution in [0.2, 0.25) is 0 Å². The number of fused-ring (bicyclic) bond motifs is 3. The highest BCUT2D eigenvalue weighted by Gasteiger charge is 2.27. The zero-order chi connectivity index (χ0) is 25.2. The molecule has 4 heterocycles. The van der Waals surface area contributed by atoms with Crippen molar-refractivity contribution < 1.29 is 28.2 Å². The van der Waals surface area contributed by atoms with E-state index in [1.165, 1.54) is 18.3 Å². The van der Waals surface area contributed by atoms with E-state index in [0.717, 1.165) is 27.9 Å². The van der Waals surface area contributed by atoms with Gasteiger partial charge in [-0.1, -0.05) is 18.2 Å². The van der Waals surface area contributed by atoms with Crippen LogP contribution in [0.25, 0.3) is 11.0 Å². The van der Waals surface area contributed by atoms with Crippen LogP contribution in [0.4, 0.5) is 8.78 Å². The Balaban J connectivity index is 1.41. The second-order valence-electron chi connectivity index (χ2n) is 8.51. The molecule has 0 saturated carbocycles. The van der Waals surface area contributed by atoms with E-state index in [4.69, 9.17) is 5.11 Å². The van der Waals surface area contributed by atoms with Crippen LogP contribution in [0.15, 0.2) is 60.9 Å². The number of pyridine rings is 2. The molecule has 8 nitrogen and oxygen atoms in total. The van der Waals surface area contributed by atoms with Crippen molar-refractivity contribution in [3.8, 4) is 5.75 Å². The van der Waals surface area contributed by atoms with Crippen molar-refractivity contribution in [1.29, 1.82) is 0 Å². The summed E-state index contributed by atoms with van der Waals surface area (Å²) in [5, 5.41) is 10.0. The number of rotatable bonds is 7. The minimum absolute atomic E-state index is 0.0751. The monoisotopic (exact) mass is 492 g/mol.